The number of rotatable bonds is 8. The summed E-state index contributed by atoms with van der Waals surface area (Å²) in [7, 11) is 0. The zero-order chi connectivity index (χ0) is 19.5. The van der Waals surface area contributed by atoms with E-state index in [-0.39, 0.29) is 6.10 Å². The lowest BCUT2D eigenvalue weighted by atomic mass is 10.1. The van der Waals surface area contributed by atoms with Crippen molar-refractivity contribution >= 4 is 5.76 Å². The van der Waals surface area contributed by atoms with Crippen molar-refractivity contribution < 1.29 is 9.47 Å². The van der Waals surface area contributed by atoms with Crippen LogP contribution in [0.3, 0.4) is 0 Å². The summed E-state index contributed by atoms with van der Waals surface area (Å²) in [5.74, 6) is 0.674. The first-order chi connectivity index (χ1) is 13.2. The lowest BCUT2D eigenvalue weighted by Gasteiger charge is -2.10. The molecule has 0 radical (unpaired) electrons. The van der Waals surface area contributed by atoms with Crippen LogP contribution in [-0.2, 0) is 9.47 Å². The van der Waals surface area contributed by atoms with Crippen molar-refractivity contribution in [1.82, 2.24) is 0 Å². The van der Waals surface area contributed by atoms with E-state index in [1.54, 1.807) is 30.3 Å². The fourth-order valence-corrected chi connectivity index (χ4v) is 2.45. The van der Waals surface area contributed by atoms with E-state index in [4.69, 9.17) is 20.0 Å². The SMILES string of the molecule is CCO/C(=C\[C+]=CC(OCC)c1ccc(C#N)cc1)c1ccc(C#N)cc1. The van der Waals surface area contributed by atoms with Crippen LogP contribution in [0.15, 0.2) is 60.7 Å². The third-order valence-corrected chi connectivity index (χ3v) is 3.77. The Morgan fingerprint density at radius 3 is 2.07 bits per heavy atom. The summed E-state index contributed by atoms with van der Waals surface area (Å²) in [4.78, 5) is 0. The molecule has 0 saturated carbocycles. The van der Waals surface area contributed by atoms with Crippen molar-refractivity contribution in [2.75, 3.05) is 13.2 Å². The van der Waals surface area contributed by atoms with Crippen molar-refractivity contribution in [1.29, 1.82) is 10.5 Å². The lowest BCUT2D eigenvalue weighted by Crippen LogP contribution is -2.01. The fourth-order valence-electron chi connectivity index (χ4n) is 2.45. The molecule has 4 heteroatoms. The van der Waals surface area contributed by atoms with Gasteiger partial charge in [-0.2, -0.15) is 10.5 Å². The van der Waals surface area contributed by atoms with E-state index in [1.165, 1.54) is 0 Å². The molecule has 0 heterocycles. The average Bonchev–Trinajstić information content (AvgIpc) is 2.72. The van der Waals surface area contributed by atoms with Crippen molar-refractivity contribution in [3.8, 4) is 12.1 Å². The van der Waals surface area contributed by atoms with Gasteiger partial charge in [0.15, 0.2) is 0 Å². The minimum atomic E-state index is -0.261. The highest BCUT2D eigenvalue weighted by Gasteiger charge is 2.13. The second-order valence-electron chi connectivity index (χ2n) is 5.57. The van der Waals surface area contributed by atoms with Crippen molar-refractivity contribution in [2.45, 2.75) is 20.0 Å². The van der Waals surface area contributed by atoms with Gasteiger partial charge in [-0.3, -0.25) is 0 Å². The summed E-state index contributed by atoms with van der Waals surface area (Å²) >= 11 is 0. The zero-order valence-electron chi connectivity index (χ0n) is 15.5. The predicted octanol–water partition coefficient (Wildman–Crippen LogP) is 4.94. The van der Waals surface area contributed by atoms with Gasteiger partial charge < -0.3 is 9.47 Å². The minimum Gasteiger partial charge on any atom is -0.406 e. The molecule has 27 heavy (non-hydrogen) atoms. The van der Waals surface area contributed by atoms with E-state index >= 15 is 0 Å². The second kappa shape index (κ2) is 10.5. The van der Waals surface area contributed by atoms with Crippen LogP contribution in [-0.4, -0.2) is 13.2 Å². The van der Waals surface area contributed by atoms with E-state index in [0.717, 1.165) is 11.1 Å². The number of hydrogen-bond donors (Lipinski definition) is 0. The van der Waals surface area contributed by atoms with Crippen LogP contribution in [0.2, 0.25) is 0 Å². The van der Waals surface area contributed by atoms with Gasteiger partial charge in [-0.25, -0.2) is 0 Å². The van der Waals surface area contributed by atoms with Gasteiger partial charge in [-0.1, -0.05) is 12.1 Å². The van der Waals surface area contributed by atoms with Gasteiger partial charge in [-0.15, -0.1) is 0 Å². The molecule has 2 aromatic rings. The molecule has 0 spiro atoms. The highest BCUT2D eigenvalue weighted by molar-refractivity contribution is 5.61. The molecule has 1 unspecified atom stereocenters. The smallest absolute Gasteiger partial charge is 0.271 e. The summed E-state index contributed by atoms with van der Waals surface area (Å²) in [6.07, 6.45) is 6.47. The largest absolute Gasteiger partial charge is 0.406 e. The molecule has 0 aliphatic carbocycles. The minimum absolute atomic E-state index is 0.261. The molecular weight excluding hydrogens is 336 g/mol. The molecule has 0 fully saturated rings. The van der Waals surface area contributed by atoms with Crippen molar-refractivity contribution in [3.63, 3.8) is 0 Å². The van der Waals surface area contributed by atoms with Crippen LogP contribution >= 0.6 is 0 Å². The third-order valence-electron chi connectivity index (χ3n) is 3.77. The topological polar surface area (TPSA) is 66.0 Å². The van der Waals surface area contributed by atoms with Crippen LogP contribution in [0, 0.1) is 28.7 Å². The molecule has 0 amide bonds. The Bertz CT molecular complexity index is 867. The van der Waals surface area contributed by atoms with Crippen LogP contribution < -0.4 is 0 Å². The van der Waals surface area contributed by atoms with E-state index in [2.05, 4.69) is 18.2 Å². The third kappa shape index (κ3) is 5.80. The first kappa shape index (κ1) is 19.9. The molecule has 2 aromatic carbocycles. The van der Waals surface area contributed by atoms with Crippen LogP contribution in [0.4, 0.5) is 0 Å². The Labute approximate surface area is 160 Å². The summed E-state index contributed by atoms with van der Waals surface area (Å²) in [6.45, 7) is 4.93. The molecule has 0 N–H and O–H groups in total. The fraction of sp³-hybridized carbons (Fsp3) is 0.217. The molecule has 0 bridgehead atoms. The van der Waals surface area contributed by atoms with E-state index < -0.39 is 0 Å². The summed E-state index contributed by atoms with van der Waals surface area (Å²) < 4.78 is 11.5. The number of nitrogens with zero attached hydrogens (tertiary/aromatic N) is 2. The van der Waals surface area contributed by atoms with Crippen molar-refractivity contribution in [3.05, 3.63) is 89.0 Å². The molecule has 0 aliphatic heterocycles. The highest BCUT2D eigenvalue weighted by Crippen LogP contribution is 2.21. The van der Waals surface area contributed by atoms with E-state index in [9.17, 15) is 0 Å². The Kier molecular flexibility index (Phi) is 7.76. The first-order valence-corrected chi connectivity index (χ1v) is 8.76. The summed E-state index contributed by atoms with van der Waals surface area (Å²) in [6, 6.07) is 18.7. The van der Waals surface area contributed by atoms with Gasteiger partial charge in [0, 0.05) is 6.61 Å². The first-order valence-electron chi connectivity index (χ1n) is 8.76. The number of allylic oxidation sites excluding steroid dienone is 2. The number of hydrogen-bond acceptors (Lipinski definition) is 4. The number of benzene rings is 2. The Morgan fingerprint density at radius 2 is 1.56 bits per heavy atom. The summed E-state index contributed by atoms with van der Waals surface area (Å²) in [5, 5.41) is 17.8. The van der Waals surface area contributed by atoms with Gasteiger partial charge in [0.05, 0.1) is 35.4 Å². The summed E-state index contributed by atoms with van der Waals surface area (Å²) in [5.41, 5.74) is 3.05. The maximum absolute atomic E-state index is 8.92. The molecule has 1 atom stereocenters. The molecule has 0 saturated heterocycles. The Balaban J connectivity index is 2.22. The van der Waals surface area contributed by atoms with Crippen molar-refractivity contribution in [2.24, 2.45) is 0 Å². The van der Waals surface area contributed by atoms with Gasteiger partial charge in [0.25, 0.3) is 5.76 Å². The molecule has 0 aliphatic rings. The van der Waals surface area contributed by atoms with Crippen LogP contribution in [0.1, 0.15) is 42.2 Å². The standard InChI is InChI=1S/C23H21N2O2/c1-3-26-22(20-12-8-18(16-24)9-13-20)6-5-7-23(27-4-2)21-14-10-19(17-25)11-15-21/h6-15,22H,3-4H2,1-2H3/q+1/b23-7-. The van der Waals surface area contributed by atoms with Gasteiger partial charge in [0.2, 0.25) is 6.08 Å². The van der Waals surface area contributed by atoms with Crippen LogP contribution in [0.25, 0.3) is 5.76 Å². The number of nitriles is 2. The predicted molar refractivity (Wildman–Crippen MR) is 104 cm³/mol. The van der Waals surface area contributed by atoms with E-state index in [0.29, 0.717) is 30.1 Å². The molecule has 2 rings (SSSR count). The molecule has 134 valence electrons. The van der Waals surface area contributed by atoms with Gasteiger partial charge in [0.1, 0.15) is 18.3 Å². The monoisotopic (exact) mass is 357 g/mol. The molecule has 0 aromatic heterocycles. The van der Waals surface area contributed by atoms with Crippen LogP contribution in [0.5, 0.6) is 0 Å². The Hall–Kier alpha value is -3.43. The molecular formula is C23H21N2O2+. The lowest BCUT2D eigenvalue weighted by molar-refractivity contribution is 0.0965. The normalized spacial score (nSPS) is 12.1. The van der Waals surface area contributed by atoms with Gasteiger partial charge in [-0.05, 0) is 55.8 Å². The number of ether oxygens (including phenoxy) is 2. The maximum Gasteiger partial charge on any atom is 0.271 e. The second-order valence-corrected chi connectivity index (χ2v) is 5.57. The maximum atomic E-state index is 8.92. The van der Waals surface area contributed by atoms with Gasteiger partial charge >= 0.3 is 0 Å². The quantitative estimate of drug-likeness (QED) is 0.381. The zero-order valence-corrected chi connectivity index (χ0v) is 15.5. The highest BCUT2D eigenvalue weighted by atomic mass is 16.5. The average molecular weight is 357 g/mol. The molecule has 4 nitrogen and oxygen atoms in total. The van der Waals surface area contributed by atoms with E-state index in [1.807, 2.05) is 44.2 Å². The Morgan fingerprint density at radius 1 is 0.963 bits per heavy atom.